The van der Waals surface area contributed by atoms with Crippen LogP contribution in [0.2, 0.25) is 0 Å². The lowest BCUT2D eigenvalue weighted by Crippen LogP contribution is -2.26. The lowest BCUT2D eigenvalue weighted by Gasteiger charge is -2.27. The van der Waals surface area contributed by atoms with Crippen molar-refractivity contribution in [3.05, 3.63) is 29.8 Å². The van der Waals surface area contributed by atoms with E-state index in [9.17, 15) is 0 Å². The molecule has 2 rings (SSSR count). The molecule has 0 radical (unpaired) electrons. The van der Waals surface area contributed by atoms with Crippen molar-refractivity contribution < 1.29 is 0 Å². The minimum absolute atomic E-state index is 0.111. The molecule has 106 valence electrons. The molecule has 0 bridgehead atoms. The number of hydrogen-bond acceptors (Lipinski definition) is 2. The smallest absolute Gasteiger partial charge is 0.0414 e. The van der Waals surface area contributed by atoms with E-state index in [4.69, 9.17) is 5.73 Å². The van der Waals surface area contributed by atoms with Crippen LogP contribution in [0.1, 0.15) is 51.6 Å². The van der Waals surface area contributed by atoms with Crippen molar-refractivity contribution in [3.63, 3.8) is 0 Å². The summed E-state index contributed by atoms with van der Waals surface area (Å²) in [5.74, 6) is 1.69. The highest BCUT2D eigenvalue weighted by molar-refractivity contribution is 5.55. The molecule has 1 heterocycles. The minimum Gasteiger partial charge on any atom is -0.371 e. The summed E-state index contributed by atoms with van der Waals surface area (Å²) in [4.78, 5) is 2.54. The van der Waals surface area contributed by atoms with Gasteiger partial charge in [-0.25, -0.2) is 0 Å². The fourth-order valence-corrected chi connectivity index (χ4v) is 3.19. The predicted molar refractivity (Wildman–Crippen MR) is 83.4 cm³/mol. The Balaban J connectivity index is 2.14. The quantitative estimate of drug-likeness (QED) is 0.891. The number of benzene rings is 1. The summed E-state index contributed by atoms with van der Waals surface area (Å²) in [6.45, 7) is 9.14. The summed E-state index contributed by atoms with van der Waals surface area (Å²) in [7, 11) is 0. The van der Waals surface area contributed by atoms with E-state index >= 15 is 0 Å². The van der Waals surface area contributed by atoms with Gasteiger partial charge in [-0.1, -0.05) is 32.0 Å². The van der Waals surface area contributed by atoms with E-state index in [1.54, 1.807) is 0 Å². The summed E-state index contributed by atoms with van der Waals surface area (Å²) in [6.07, 6.45) is 3.98. The summed E-state index contributed by atoms with van der Waals surface area (Å²) >= 11 is 0. The number of nitrogens with zero attached hydrogens (tertiary/aromatic N) is 1. The van der Waals surface area contributed by atoms with Crippen molar-refractivity contribution in [2.45, 2.75) is 46.1 Å². The molecule has 1 fully saturated rings. The Morgan fingerprint density at radius 3 is 2.53 bits per heavy atom. The predicted octanol–water partition coefficient (Wildman–Crippen LogP) is 3.97. The molecular weight excluding hydrogens is 232 g/mol. The summed E-state index contributed by atoms with van der Waals surface area (Å²) in [6, 6.07) is 8.74. The van der Waals surface area contributed by atoms with E-state index in [1.807, 2.05) is 0 Å². The molecule has 0 amide bonds. The molecule has 1 aliphatic heterocycles. The van der Waals surface area contributed by atoms with E-state index < -0.39 is 0 Å². The molecular formula is C17H28N2. The van der Waals surface area contributed by atoms with Crippen molar-refractivity contribution in [1.29, 1.82) is 0 Å². The normalized spacial score (nSPS) is 22.4. The first-order chi connectivity index (χ1) is 9.09. The first-order valence-electron chi connectivity index (χ1n) is 7.69. The van der Waals surface area contributed by atoms with Crippen LogP contribution in [-0.2, 0) is 0 Å². The highest BCUT2D eigenvalue weighted by Crippen LogP contribution is 2.30. The molecule has 1 aromatic carbocycles. The summed E-state index contributed by atoms with van der Waals surface area (Å²) in [5.41, 5.74) is 8.74. The highest BCUT2D eigenvalue weighted by Gasteiger charge is 2.21. The van der Waals surface area contributed by atoms with Crippen molar-refractivity contribution in [2.24, 2.45) is 17.6 Å². The average Bonchev–Trinajstić information content (AvgIpc) is 2.64. The van der Waals surface area contributed by atoms with Gasteiger partial charge in [-0.2, -0.15) is 0 Å². The number of nitrogens with two attached hydrogens (primary N) is 1. The van der Waals surface area contributed by atoms with Gasteiger partial charge in [0.05, 0.1) is 0 Å². The van der Waals surface area contributed by atoms with Gasteiger partial charge in [0.2, 0.25) is 0 Å². The second-order valence-corrected chi connectivity index (χ2v) is 6.27. The zero-order chi connectivity index (χ0) is 13.8. The van der Waals surface area contributed by atoms with Crippen LogP contribution < -0.4 is 10.6 Å². The van der Waals surface area contributed by atoms with Crippen molar-refractivity contribution in [1.82, 2.24) is 0 Å². The summed E-state index contributed by atoms with van der Waals surface area (Å²) < 4.78 is 0. The highest BCUT2D eigenvalue weighted by atomic mass is 15.1. The Hall–Kier alpha value is -1.02. The first kappa shape index (κ1) is 14.4. The monoisotopic (exact) mass is 260 g/mol. The molecule has 2 unspecified atom stereocenters. The SMILES string of the molecule is CC(N)c1ccccc1N1CCCC(C(C)C)CC1. The largest absolute Gasteiger partial charge is 0.371 e. The van der Waals surface area contributed by atoms with Crippen LogP contribution in [0.5, 0.6) is 0 Å². The summed E-state index contributed by atoms with van der Waals surface area (Å²) in [5, 5.41) is 0. The maximum Gasteiger partial charge on any atom is 0.0414 e. The number of para-hydroxylation sites is 1. The van der Waals surface area contributed by atoms with Crippen LogP contribution in [0, 0.1) is 11.8 Å². The topological polar surface area (TPSA) is 29.3 Å². The van der Waals surface area contributed by atoms with Crippen LogP contribution in [0.4, 0.5) is 5.69 Å². The fraction of sp³-hybridized carbons (Fsp3) is 0.647. The second-order valence-electron chi connectivity index (χ2n) is 6.27. The van der Waals surface area contributed by atoms with Gasteiger partial charge in [0.25, 0.3) is 0 Å². The van der Waals surface area contributed by atoms with Crippen LogP contribution >= 0.6 is 0 Å². The van der Waals surface area contributed by atoms with Crippen LogP contribution in [0.3, 0.4) is 0 Å². The van der Waals surface area contributed by atoms with E-state index in [0.29, 0.717) is 0 Å². The zero-order valence-electron chi connectivity index (χ0n) is 12.6. The van der Waals surface area contributed by atoms with Gasteiger partial charge in [-0.15, -0.1) is 0 Å². The molecule has 19 heavy (non-hydrogen) atoms. The molecule has 1 aromatic rings. The fourth-order valence-electron chi connectivity index (χ4n) is 3.19. The Morgan fingerprint density at radius 1 is 1.11 bits per heavy atom. The van der Waals surface area contributed by atoms with Crippen molar-refractivity contribution in [2.75, 3.05) is 18.0 Å². The Morgan fingerprint density at radius 2 is 1.84 bits per heavy atom. The number of rotatable bonds is 3. The van der Waals surface area contributed by atoms with Crippen LogP contribution in [-0.4, -0.2) is 13.1 Å². The standard InChI is InChI=1S/C17H28N2/c1-13(2)15-7-6-11-19(12-10-15)17-9-5-4-8-16(17)14(3)18/h4-5,8-9,13-15H,6-7,10-12,18H2,1-3H3. The maximum absolute atomic E-state index is 6.11. The van der Waals surface area contributed by atoms with Gasteiger partial charge in [-0.3, -0.25) is 0 Å². The lowest BCUT2D eigenvalue weighted by atomic mass is 9.89. The molecule has 0 spiro atoms. The Labute approximate surface area is 118 Å². The average molecular weight is 260 g/mol. The number of anilines is 1. The third-order valence-electron chi connectivity index (χ3n) is 4.48. The maximum atomic E-state index is 6.11. The van der Waals surface area contributed by atoms with Gasteiger partial charge < -0.3 is 10.6 Å². The van der Waals surface area contributed by atoms with E-state index in [1.165, 1.54) is 43.6 Å². The molecule has 0 aliphatic carbocycles. The molecule has 0 aromatic heterocycles. The van der Waals surface area contributed by atoms with Gasteiger partial charge in [0.15, 0.2) is 0 Å². The van der Waals surface area contributed by atoms with Crippen LogP contribution in [0.25, 0.3) is 0 Å². The second kappa shape index (κ2) is 6.42. The lowest BCUT2D eigenvalue weighted by molar-refractivity contribution is 0.351. The first-order valence-corrected chi connectivity index (χ1v) is 7.69. The zero-order valence-corrected chi connectivity index (χ0v) is 12.6. The molecule has 2 atom stereocenters. The van der Waals surface area contributed by atoms with Crippen molar-refractivity contribution >= 4 is 5.69 Å². The minimum atomic E-state index is 0.111. The van der Waals surface area contributed by atoms with Gasteiger partial charge in [0, 0.05) is 24.8 Å². The van der Waals surface area contributed by atoms with E-state index in [2.05, 4.69) is 49.9 Å². The molecule has 1 saturated heterocycles. The molecule has 2 N–H and O–H groups in total. The number of hydrogen-bond donors (Lipinski definition) is 1. The Kier molecular flexibility index (Phi) is 4.87. The molecule has 1 aliphatic rings. The van der Waals surface area contributed by atoms with Crippen LogP contribution in [0.15, 0.2) is 24.3 Å². The van der Waals surface area contributed by atoms with E-state index in [-0.39, 0.29) is 6.04 Å². The third kappa shape index (κ3) is 3.50. The molecule has 2 heteroatoms. The van der Waals surface area contributed by atoms with E-state index in [0.717, 1.165) is 11.8 Å². The molecule has 0 saturated carbocycles. The molecule has 2 nitrogen and oxygen atoms in total. The Bertz CT molecular complexity index is 398. The van der Waals surface area contributed by atoms with Gasteiger partial charge in [-0.05, 0) is 49.7 Å². The van der Waals surface area contributed by atoms with Crippen molar-refractivity contribution in [3.8, 4) is 0 Å². The van der Waals surface area contributed by atoms with Gasteiger partial charge >= 0.3 is 0 Å². The third-order valence-corrected chi connectivity index (χ3v) is 4.48. The van der Waals surface area contributed by atoms with Gasteiger partial charge in [0.1, 0.15) is 0 Å².